The van der Waals surface area contributed by atoms with Crippen LogP contribution in [-0.4, -0.2) is 52.9 Å². The van der Waals surface area contributed by atoms with E-state index in [2.05, 4.69) is 19.8 Å². The maximum atomic E-state index is 11.8. The Kier molecular flexibility index (Phi) is 4.82. The first-order chi connectivity index (χ1) is 12.6. The fourth-order valence-corrected chi connectivity index (χ4v) is 5.11. The second-order valence-electron chi connectivity index (χ2n) is 8.31. The van der Waals surface area contributed by atoms with Gasteiger partial charge in [0.25, 0.3) is 0 Å². The van der Waals surface area contributed by atoms with E-state index in [1.807, 2.05) is 38.4 Å². The van der Waals surface area contributed by atoms with Crippen molar-refractivity contribution in [2.75, 3.05) is 31.1 Å². The summed E-state index contributed by atoms with van der Waals surface area (Å²) in [7, 11) is 0. The number of allylic oxidation sites excluding steroid dienone is 1. The van der Waals surface area contributed by atoms with Crippen LogP contribution in [0.25, 0.3) is 6.08 Å². The van der Waals surface area contributed by atoms with Crippen LogP contribution in [0.3, 0.4) is 0 Å². The molecule has 3 fully saturated rings. The number of ketones is 1. The lowest BCUT2D eigenvalue weighted by molar-refractivity contribution is -0.140. The van der Waals surface area contributed by atoms with Crippen molar-refractivity contribution in [3.8, 4) is 0 Å². The molecule has 140 valence electrons. The first-order valence-electron chi connectivity index (χ1n) is 10.1. The number of Topliss-reactive ketones (excluding diaryl/α,β-unsaturated/α-hetero) is 1. The number of nitrogens with zero attached hydrogens (tertiary/aromatic N) is 4. The third-order valence-electron chi connectivity index (χ3n) is 6.67. The number of piperazine rings is 1. The normalized spacial score (nSPS) is 31.8. The minimum absolute atomic E-state index is 0.378. The van der Waals surface area contributed by atoms with E-state index in [-0.39, 0.29) is 0 Å². The van der Waals surface area contributed by atoms with Gasteiger partial charge in [0.1, 0.15) is 5.78 Å². The Morgan fingerprint density at radius 2 is 1.81 bits per heavy atom. The minimum atomic E-state index is 0.378. The molecule has 1 aliphatic heterocycles. The largest absolute Gasteiger partial charge is 0.366 e. The molecule has 1 saturated heterocycles. The SMILES string of the molecule is C/C=C/c1ncc(N2CCN(C3CC4(CC(C(=O)CC)C4)C3)CC2)cn1. The molecule has 0 atom stereocenters. The molecule has 1 aromatic heterocycles. The zero-order valence-electron chi connectivity index (χ0n) is 16.0. The Balaban J connectivity index is 1.23. The molecule has 0 bridgehead atoms. The highest BCUT2D eigenvalue weighted by Gasteiger charge is 2.55. The standard InChI is InChI=1S/C21H30N4O/c1-3-5-20-22-14-18(15-23-20)25-8-6-24(7-9-25)17-12-21(13-17)10-16(11-21)19(26)4-2/h3,5,14-17H,4,6-13H2,1-2H3/b5-3+. The number of carbonyl (C=O) groups is 1. The van der Waals surface area contributed by atoms with E-state index in [0.29, 0.717) is 23.5 Å². The van der Waals surface area contributed by atoms with Crippen LogP contribution >= 0.6 is 0 Å². The maximum Gasteiger partial charge on any atom is 0.151 e. The minimum Gasteiger partial charge on any atom is -0.366 e. The van der Waals surface area contributed by atoms with Crippen LogP contribution in [0.2, 0.25) is 0 Å². The highest BCUT2D eigenvalue weighted by atomic mass is 16.1. The molecular weight excluding hydrogens is 324 g/mol. The molecule has 0 amide bonds. The highest BCUT2D eigenvalue weighted by molar-refractivity contribution is 5.81. The van der Waals surface area contributed by atoms with Gasteiger partial charge in [-0.2, -0.15) is 0 Å². The average Bonchev–Trinajstić information content (AvgIpc) is 2.60. The summed E-state index contributed by atoms with van der Waals surface area (Å²) in [6.45, 7) is 8.31. The Bertz CT molecular complexity index is 662. The third-order valence-corrected chi connectivity index (χ3v) is 6.67. The molecule has 2 aliphatic carbocycles. The zero-order valence-corrected chi connectivity index (χ0v) is 16.0. The van der Waals surface area contributed by atoms with Gasteiger partial charge in [0.15, 0.2) is 5.82 Å². The first-order valence-corrected chi connectivity index (χ1v) is 10.1. The van der Waals surface area contributed by atoms with Gasteiger partial charge in [0.05, 0.1) is 18.1 Å². The molecule has 0 unspecified atom stereocenters. The second-order valence-corrected chi connectivity index (χ2v) is 8.31. The topological polar surface area (TPSA) is 49.3 Å². The molecule has 1 aromatic rings. The van der Waals surface area contributed by atoms with Crippen molar-refractivity contribution in [1.82, 2.24) is 14.9 Å². The van der Waals surface area contributed by atoms with Gasteiger partial charge < -0.3 is 4.90 Å². The van der Waals surface area contributed by atoms with Crippen LogP contribution in [-0.2, 0) is 4.79 Å². The van der Waals surface area contributed by atoms with E-state index in [1.54, 1.807) is 0 Å². The first kappa shape index (κ1) is 17.7. The highest BCUT2D eigenvalue weighted by Crippen LogP contribution is 2.60. The van der Waals surface area contributed by atoms with E-state index in [0.717, 1.165) is 56.6 Å². The van der Waals surface area contributed by atoms with Crippen LogP contribution in [0.15, 0.2) is 18.5 Å². The van der Waals surface area contributed by atoms with Gasteiger partial charge >= 0.3 is 0 Å². The molecule has 4 rings (SSSR count). The monoisotopic (exact) mass is 354 g/mol. The van der Waals surface area contributed by atoms with E-state index in [4.69, 9.17) is 0 Å². The predicted octanol–water partition coefficient (Wildman–Crippen LogP) is 3.17. The summed E-state index contributed by atoms with van der Waals surface area (Å²) < 4.78 is 0. The van der Waals surface area contributed by atoms with Gasteiger partial charge in [-0.15, -0.1) is 0 Å². The Morgan fingerprint density at radius 3 is 2.38 bits per heavy atom. The predicted molar refractivity (Wildman–Crippen MR) is 104 cm³/mol. The van der Waals surface area contributed by atoms with Crippen molar-refractivity contribution in [2.45, 2.75) is 52.0 Å². The molecule has 3 aliphatic rings. The van der Waals surface area contributed by atoms with Crippen molar-refractivity contribution >= 4 is 17.5 Å². The molecule has 26 heavy (non-hydrogen) atoms. The molecule has 2 saturated carbocycles. The average molecular weight is 354 g/mol. The fraction of sp³-hybridized carbons (Fsp3) is 0.667. The lowest BCUT2D eigenvalue weighted by atomic mass is 9.49. The van der Waals surface area contributed by atoms with Gasteiger partial charge in [-0.3, -0.25) is 9.69 Å². The van der Waals surface area contributed by atoms with Crippen molar-refractivity contribution in [2.24, 2.45) is 11.3 Å². The summed E-state index contributed by atoms with van der Waals surface area (Å²) in [4.78, 5) is 25.7. The lowest BCUT2D eigenvalue weighted by Gasteiger charge is -2.60. The number of anilines is 1. The molecule has 0 radical (unpaired) electrons. The van der Waals surface area contributed by atoms with E-state index >= 15 is 0 Å². The van der Waals surface area contributed by atoms with Gasteiger partial charge in [0, 0.05) is 44.6 Å². The molecule has 2 heterocycles. The fourth-order valence-electron chi connectivity index (χ4n) is 5.11. The van der Waals surface area contributed by atoms with Gasteiger partial charge in [-0.1, -0.05) is 13.0 Å². The smallest absolute Gasteiger partial charge is 0.151 e. The number of aromatic nitrogens is 2. The summed E-state index contributed by atoms with van der Waals surface area (Å²) in [5.74, 6) is 1.63. The zero-order chi connectivity index (χ0) is 18.1. The second kappa shape index (κ2) is 7.10. The van der Waals surface area contributed by atoms with Crippen LogP contribution in [0.1, 0.15) is 51.8 Å². The van der Waals surface area contributed by atoms with E-state index < -0.39 is 0 Å². The van der Waals surface area contributed by atoms with E-state index in [9.17, 15) is 4.79 Å². The third kappa shape index (κ3) is 3.29. The van der Waals surface area contributed by atoms with Crippen molar-refractivity contribution < 1.29 is 4.79 Å². The van der Waals surface area contributed by atoms with Crippen molar-refractivity contribution in [1.29, 1.82) is 0 Å². The van der Waals surface area contributed by atoms with Crippen LogP contribution in [0, 0.1) is 11.3 Å². The summed E-state index contributed by atoms with van der Waals surface area (Å²) in [6.07, 6.45) is 13.4. The summed E-state index contributed by atoms with van der Waals surface area (Å²) in [6, 6.07) is 0.739. The number of hydrogen-bond donors (Lipinski definition) is 0. The molecule has 5 nitrogen and oxygen atoms in total. The van der Waals surface area contributed by atoms with Crippen molar-refractivity contribution in [3.63, 3.8) is 0 Å². The Morgan fingerprint density at radius 1 is 1.15 bits per heavy atom. The number of carbonyl (C=O) groups excluding carboxylic acids is 1. The van der Waals surface area contributed by atoms with Gasteiger partial charge in [-0.25, -0.2) is 9.97 Å². The molecule has 0 N–H and O–H groups in total. The van der Waals surface area contributed by atoms with Gasteiger partial charge in [-0.05, 0) is 44.1 Å². The van der Waals surface area contributed by atoms with Crippen LogP contribution < -0.4 is 4.90 Å². The molecular formula is C21H30N4O. The Hall–Kier alpha value is -1.75. The summed E-state index contributed by atoms with van der Waals surface area (Å²) >= 11 is 0. The maximum absolute atomic E-state index is 11.8. The molecule has 1 spiro atoms. The van der Waals surface area contributed by atoms with Crippen LogP contribution in [0.4, 0.5) is 5.69 Å². The van der Waals surface area contributed by atoms with Crippen molar-refractivity contribution in [3.05, 3.63) is 24.3 Å². The van der Waals surface area contributed by atoms with E-state index in [1.165, 1.54) is 12.8 Å². The van der Waals surface area contributed by atoms with Crippen LogP contribution in [0.5, 0.6) is 0 Å². The number of rotatable bonds is 5. The quantitative estimate of drug-likeness (QED) is 0.813. The number of hydrogen-bond acceptors (Lipinski definition) is 5. The Labute approximate surface area is 156 Å². The molecule has 5 heteroatoms. The summed E-state index contributed by atoms with van der Waals surface area (Å²) in [5, 5.41) is 0. The lowest BCUT2D eigenvalue weighted by Crippen LogP contribution is -2.60. The summed E-state index contributed by atoms with van der Waals surface area (Å²) in [5.41, 5.74) is 1.65. The van der Waals surface area contributed by atoms with Gasteiger partial charge in [0.2, 0.25) is 0 Å². The molecule has 0 aromatic carbocycles.